The van der Waals surface area contributed by atoms with Crippen molar-refractivity contribution < 1.29 is 10.2 Å². The number of hydrogen-bond donors (Lipinski definition) is 3. The highest BCUT2D eigenvalue weighted by molar-refractivity contribution is 5.27. The van der Waals surface area contributed by atoms with Gasteiger partial charge in [0, 0.05) is 6.04 Å². The van der Waals surface area contributed by atoms with Crippen LogP contribution >= 0.6 is 0 Å². The molecule has 0 saturated carbocycles. The summed E-state index contributed by atoms with van der Waals surface area (Å²) in [5, 5.41) is 22.3. The van der Waals surface area contributed by atoms with Gasteiger partial charge in [-0.1, -0.05) is 19.1 Å². The van der Waals surface area contributed by atoms with Crippen molar-refractivity contribution in [3.63, 3.8) is 0 Å². The lowest BCUT2D eigenvalue weighted by Gasteiger charge is -2.20. The molecule has 1 rings (SSSR count). The van der Waals surface area contributed by atoms with Gasteiger partial charge in [0.05, 0.1) is 6.10 Å². The van der Waals surface area contributed by atoms with Gasteiger partial charge in [-0.15, -0.1) is 0 Å². The zero-order valence-electron chi connectivity index (χ0n) is 9.27. The monoisotopic (exact) mass is 209 g/mol. The molecule has 1 aromatic rings. The Hall–Kier alpha value is -1.06. The van der Waals surface area contributed by atoms with E-state index in [2.05, 4.69) is 12.2 Å². The minimum absolute atomic E-state index is 0.0227. The molecular formula is C12H19NO2. The summed E-state index contributed by atoms with van der Waals surface area (Å²) in [7, 11) is 0. The second-order valence-electron chi connectivity index (χ2n) is 3.78. The molecule has 15 heavy (non-hydrogen) atoms. The molecule has 0 aliphatic rings. The third kappa shape index (κ3) is 3.53. The van der Waals surface area contributed by atoms with E-state index < -0.39 is 6.10 Å². The SMILES string of the molecule is CCCNC(C)C(O)c1ccc(O)cc1. The van der Waals surface area contributed by atoms with Crippen molar-refractivity contribution >= 4 is 0 Å². The fourth-order valence-corrected chi connectivity index (χ4v) is 1.44. The molecule has 2 unspecified atom stereocenters. The van der Waals surface area contributed by atoms with Gasteiger partial charge in [-0.2, -0.15) is 0 Å². The lowest BCUT2D eigenvalue weighted by atomic mass is 10.0. The molecule has 0 saturated heterocycles. The first-order valence-corrected chi connectivity index (χ1v) is 5.35. The molecule has 3 heteroatoms. The Morgan fingerprint density at radius 2 is 1.87 bits per heavy atom. The van der Waals surface area contributed by atoms with Gasteiger partial charge in [0.1, 0.15) is 5.75 Å². The van der Waals surface area contributed by atoms with E-state index in [1.54, 1.807) is 24.3 Å². The van der Waals surface area contributed by atoms with Crippen LogP contribution in [0.5, 0.6) is 5.75 Å². The molecule has 0 fully saturated rings. The van der Waals surface area contributed by atoms with E-state index in [0.717, 1.165) is 18.5 Å². The van der Waals surface area contributed by atoms with E-state index in [0.29, 0.717) is 0 Å². The average molecular weight is 209 g/mol. The fraction of sp³-hybridized carbons (Fsp3) is 0.500. The Balaban J connectivity index is 2.59. The van der Waals surface area contributed by atoms with E-state index in [1.165, 1.54) is 0 Å². The number of aromatic hydroxyl groups is 1. The maximum absolute atomic E-state index is 9.96. The lowest BCUT2D eigenvalue weighted by molar-refractivity contribution is 0.136. The smallest absolute Gasteiger partial charge is 0.115 e. The first-order valence-electron chi connectivity index (χ1n) is 5.35. The minimum atomic E-state index is -0.530. The number of benzene rings is 1. The summed E-state index contributed by atoms with van der Waals surface area (Å²) in [6, 6.07) is 6.68. The van der Waals surface area contributed by atoms with E-state index in [4.69, 9.17) is 5.11 Å². The predicted octanol–water partition coefficient (Wildman–Crippen LogP) is 1.81. The van der Waals surface area contributed by atoms with Crippen LogP contribution in [0.3, 0.4) is 0 Å². The average Bonchev–Trinajstić information content (AvgIpc) is 2.26. The third-order valence-corrected chi connectivity index (χ3v) is 2.42. The number of hydrogen-bond acceptors (Lipinski definition) is 3. The standard InChI is InChI=1S/C12H19NO2/c1-3-8-13-9(2)12(15)10-4-6-11(14)7-5-10/h4-7,9,12-15H,3,8H2,1-2H3. The van der Waals surface area contributed by atoms with Crippen molar-refractivity contribution in [2.45, 2.75) is 32.4 Å². The van der Waals surface area contributed by atoms with Crippen LogP contribution < -0.4 is 5.32 Å². The Bertz CT molecular complexity index is 284. The molecule has 84 valence electrons. The van der Waals surface area contributed by atoms with Crippen molar-refractivity contribution in [2.75, 3.05) is 6.54 Å². The maximum atomic E-state index is 9.96. The van der Waals surface area contributed by atoms with Crippen LogP contribution in [0.2, 0.25) is 0 Å². The van der Waals surface area contributed by atoms with Crippen molar-refractivity contribution in [3.8, 4) is 5.75 Å². The molecule has 2 atom stereocenters. The molecule has 3 nitrogen and oxygen atoms in total. The Kier molecular flexibility index (Phi) is 4.59. The van der Waals surface area contributed by atoms with Crippen LogP contribution in [0.1, 0.15) is 31.9 Å². The molecule has 0 amide bonds. The normalized spacial score (nSPS) is 14.9. The van der Waals surface area contributed by atoms with Crippen molar-refractivity contribution in [3.05, 3.63) is 29.8 Å². The van der Waals surface area contributed by atoms with Gasteiger partial charge in [0.25, 0.3) is 0 Å². The molecule has 0 bridgehead atoms. The number of phenols is 1. The number of aliphatic hydroxyl groups excluding tert-OH is 1. The number of nitrogens with one attached hydrogen (secondary N) is 1. The number of phenolic OH excluding ortho intramolecular Hbond substituents is 1. The molecule has 0 aromatic heterocycles. The Labute approximate surface area is 90.8 Å². The summed E-state index contributed by atoms with van der Waals surface area (Å²) in [5.74, 6) is 0.222. The van der Waals surface area contributed by atoms with Crippen LogP contribution in [-0.4, -0.2) is 22.8 Å². The maximum Gasteiger partial charge on any atom is 0.115 e. The highest BCUT2D eigenvalue weighted by Crippen LogP contribution is 2.19. The molecule has 3 N–H and O–H groups in total. The van der Waals surface area contributed by atoms with Gasteiger partial charge in [-0.3, -0.25) is 0 Å². The van der Waals surface area contributed by atoms with E-state index in [9.17, 15) is 5.11 Å². The summed E-state index contributed by atoms with van der Waals surface area (Å²) in [6.45, 7) is 4.94. The van der Waals surface area contributed by atoms with Crippen LogP contribution in [-0.2, 0) is 0 Å². The lowest BCUT2D eigenvalue weighted by Crippen LogP contribution is -2.32. The van der Waals surface area contributed by atoms with E-state index >= 15 is 0 Å². The summed E-state index contributed by atoms with van der Waals surface area (Å²) in [4.78, 5) is 0. The molecule has 0 aliphatic carbocycles. The number of aliphatic hydroxyl groups is 1. The molecule has 0 radical (unpaired) electrons. The van der Waals surface area contributed by atoms with Crippen molar-refractivity contribution in [1.29, 1.82) is 0 Å². The molecule has 0 spiro atoms. The zero-order chi connectivity index (χ0) is 11.3. The van der Waals surface area contributed by atoms with Gasteiger partial charge >= 0.3 is 0 Å². The van der Waals surface area contributed by atoms with Gasteiger partial charge < -0.3 is 15.5 Å². The molecule has 1 aromatic carbocycles. The van der Waals surface area contributed by atoms with E-state index in [1.807, 2.05) is 6.92 Å². The summed E-state index contributed by atoms with van der Waals surface area (Å²) in [5.41, 5.74) is 0.823. The second-order valence-corrected chi connectivity index (χ2v) is 3.78. The van der Waals surface area contributed by atoms with Gasteiger partial charge in [-0.25, -0.2) is 0 Å². The number of rotatable bonds is 5. The summed E-state index contributed by atoms with van der Waals surface area (Å²) in [6.07, 6.45) is 0.518. The van der Waals surface area contributed by atoms with E-state index in [-0.39, 0.29) is 11.8 Å². The minimum Gasteiger partial charge on any atom is -0.508 e. The summed E-state index contributed by atoms with van der Waals surface area (Å²) < 4.78 is 0. The Morgan fingerprint density at radius 3 is 2.40 bits per heavy atom. The predicted molar refractivity (Wildman–Crippen MR) is 60.8 cm³/mol. The van der Waals surface area contributed by atoms with Crippen LogP contribution in [0.25, 0.3) is 0 Å². The van der Waals surface area contributed by atoms with Crippen molar-refractivity contribution in [1.82, 2.24) is 5.32 Å². The van der Waals surface area contributed by atoms with Crippen LogP contribution in [0.15, 0.2) is 24.3 Å². The van der Waals surface area contributed by atoms with Gasteiger partial charge in [0.15, 0.2) is 0 Å². The Morgan fingerprint density at radius 1 is 1.27 bits per heavy atom. The van der Waals surface area contributed by atoms with Gasteiger partial charge in [-0.05, 0) is 37.6 Å². The third-order valence-electron chi connectivity index (χ3n) is 2.42. The first-order chi connectivity index (χ1) is 7.15. The van der Waals surface area contributed by atoms with Gasteiger partial charge in [0.2, 0.25) is 0 Å². The largest absolute Gasteiger partial charge is 0.508 e. The highest BCUT2D eigenvalue weighted by atomic mass is 16.3. The summed E-state index contributed by atoms with van der Waals surface area (Å²) >= 11 is 0. The van der Waals surface area contributed by atoms with Crippen molar-refractivity contribution in [2.24, 2.45) is 0 Å². The molecule has 0 heterocycles. The zero-order valence-corrected chi connectivity index (χ0v) is 9.27. The topological polar surface area (TPSA) is 52.5 Å². The fourth-order valence-electron chi connectivity index (χ4n) is 1.44. The van der Waals surface area contributed by atoms with Crippen LogP contribution in [0.4, 0.5) is 0 Å². The molecule has 0 aliphatic heterocycles. The first kappa shape index (κ1) is 12.0. The van der Waals surface area contributed by atoms with Crippen LogP contribution in [0, 0.1) is 0 Å². The second kappa shape index (κ2) is 5.73. The highest BCUT2D eigenvalue weighted by Gasteiger charge is 2.14. The quantitative estimate of drug-likeness (QED) is 0.693. The molecular weight excluding hydrogens is 190 g/mol.